The van der Waals surface area contributed by atoms with E-state index in [-0.39, 0.29) is 23.6 Å². The number of amides is 1. The van der Waals surface area contributed by atoms with Crippen LogP contribution in [-0.4, -0.2) is 75.6 Å². The smallest absolute Gasteiger partial charge is 0.340 e. The lowest BCUT2D eigenvalue weighted by Gasteiger charge is -2.46. The molecule has 6 rings (SSSR count). The number of nitrogens with zero attached hydrogens (tertiary/aromatic N) is 5. The number of nitrogens with one attached hydrogen (secondary N) is 2. The number of hydrogen-bond donors (Lipinski definition) is 2. The van der Waals surface area contributed by atoms with E-state index in [9.17, 15) is 22.8 Å². The van der Waals surface area contributed by atoms with Crippen molar-refractivity contribution in [1.29, 1.82) is 0 Å². The van der Waals surface area contributed by atoms with Gasteiger partial charge < -0.3 is 4.90 Å². The van der Waals surface area contributed by atoms with Crippen LogP contribution in [0.5, 0.6) is 0 Å². The highest BCUT2D eigenvalue weighted by molar-refractivity contribution is 5.73. The molecular weight excluding hydrogens is 535 g/mol. The molecule has 0 bridgehead atoms. The number of hydrazine groups is 1. The Balaban J connectivity index is 1.27. The summed E-state index contributed by atoms with van der Waals surface area (Å²) in [4.78, 5) is 31.5. The van der Waals surface area contributed by atoms with Crippen molar-refractivity contribution in [3.05, 3.63) is 40.1 Å². The molecule has 4 fully saturated rings. The van der Waals surface area contributed by atoms with Crippen molar-refractivity contribution in [2.75, 3.05) is 39.9 Å². The van der Waals surface area contributed by atoms with Crippen molar-refractivity contribution in [3.63, 3.8) is 0 Å². The van der Waals surface area contributed by atoms with Gasteiger partial charge in [0.05, 0.1) is 23.9 Å². The molecule has 4 heterocycles. The van der Waals surface area contributed by atoms with Crippen LogP contribution in [0.1, 0.15) is 69.0 Å². The predicted molar refractivity (Wildman–Crippen MR) is 149 cm³/mol. The molecule has 4 atom stereocenters. The summed E-state index contributed by atoms with van der Waals surface area (Å²) in [6.07, 6.45) is 6.02. The largest absolute Gasteiger partial charge is 0.418 e. The number of piperazine rings is 1. The maximum Gasteiger partial charge on any atom is 0.418 e. The van der Waals surface area contributed by atoms with Crippen LogP contribution in [0.15, 0.2) is 23.3 Å². The highest BCUT2D eigenvalue weighted by atomic mass is 19.4. The first kappa shape index (κ1) is 28.7. The van der Waals surface area contributed by atoms with Gasteiger partial charge in [-0.25, -0.2) is 15.6 Å². The monoisotopic (exact) mass is 577 g/mol. The van der Waals surface area contributed by atoms with Crippen molar-refractivity contribution in [2.24, 2.45) is 17.8 Å². The molecule has 2 aromatic rings. The van der Waals surface area contributed by atoms with Crippen LogP contribution in [-0.2, 0) is 17.5 Å². The third-order valence-corrected chi connectivity index (χ3v) is 10.1. The van der Waals surface area contributed by atoms with Crippen LogP contribution in [0, 0.1) is 17.8 Å². The molecule has 2 aliphatic heterocycles. The molecule has 2 N–H and O–H groups in total. The Hall–Kier alpha value is -2.41. The second-order valence-corrected chi connectivity index (χ2v) is 12.6. The fraction of sp³-hybridized carbons (Fsp3) is 0.724. The number of imidazole rings is 1. The molecule has 0 spiro atoms. The lowest BCUT2D eigenvalue weighted by Crippen LogP contribution is -2.50. The molecule has 9 nitrogen and oxygen atoms in total. The number of fused-ring (bicyclic) bond motifs is 1. The number of rotatable bonds is 6. The van der Waals surface area contributed by atoms with Gasteiger partial charge in [0.1, 0.15) is 0 Å². The molecule has 41 heavy (non-hydrogen) atoms. The van der Waals surface area contributed by atoms with E-state index < -0.39 is 17.4 Å². The summed E-state index contributed by atoms with van der Waals surface area (Å²) >= 11 is 0. The van der Waals surface area contributed by atoms with Gasteiger partial charge >= 0.3 is 11.9 Å². The first-order chi connectivity index (χ1) is 19.6. The molecule has 226 valence electrons. The Morgan fingerprint density at radius 1 is 1.05 bits per heavy atom. The van der Waals surface area contributed by atoms with E-state index in [1.165, 1.54) is 42.9 Å². The summed E-state index contributed by atoms with van der Waals surface area (Å²) in [5.41, 5.74) is 5.95. The highest BCUT2D eigenvalue weighted by Crippen LogP contribution is 2.47. The average Bonchev–Trinajstić information content (AvgIpc) is 3.48. The van der Waals surface area contributed by atoms with Gasteiger partial charge in [-0.15, -0.1) is 0 Å². The van der Waals surface area contributed by atoms with Crippen LogP contribution < -0.4 is 16.5 Å². The Morgan fingerprint density at radius 2 is 1.76 bits per heavy atom. The van der Waals surface area contributed by atoms with E-state index in [1.807, 2.05) is 4.90 Å². The van der Waals surface area contributed by atoms with Crippen LogP contribution in [0.25, 0.3) is 5.52 Å². The van der Waals surface area contributed by atoms with Crippen molar-refractivity contribution in [2.45, 2.75) is 76.8 Å². The average molecular weight is 578 g/mol. The summed E-state index contributed by atoms with van der Waals surface area (Å²) in [6.45, 7) is 4.87. The van der Waals surface area contributed by atoms with Crippen LogP contribution in [0.2, 0.25) is 0 Å². The number of pyridine rings is 1. The number of carbonyl (C=O) groups excluding carboxylic acids is 1. The summed E-state index contributed by atoms with van der Waals surface area (Å²) in [6, 6.07) is 1.08. The zero-order valence-electron chi connectivity index (χ0n) is 24.0. The minimum atomic E-state index is -4.58. The van der Waals surface area contributed by atoms with Gasteiger partial charge in [-0.05, 0) is 55.7 Å². The predicted octanol–water partition coefficient (Wildman–Crippen LogP) is 3.25. The zero-order valence-corrected chi connectivity index (χ0v) is 24.0. The van der Waals surface area contributed by atoms with Crippen LogP contribution >= 0.6 is 0 Å². The van der Waals surface area contributed by atoms with E-state index in [1.54, 1.807) is 15.7 Å². The second-order valence-electron chi connectivity index (χ2n) is 12.6. The van der Waals surface area contributed by atoms with Gasteiger partial charge in [0, 0.05) is 58.1 Å². The van der Waals surface area contributed by atoms with Gasteiger partial charge in [0.2, 0.25) is 5.91 Å². The summed E-state index contributed by atoms with van der Waals surface area (Å²) < 4.78 is 45.7. The zero-order chi connectivity index (χ0) is 28.9. The number of carbonyl (C=O) groups is 1. The van der Waals surface area contributed by atoms with Gasteiger partial charge in [0.25, 0.3) is 0 Å². The minimum absolute atomic E-state index is 0.00507. The maximum absolute atomic E-state index is 14.3. The lowest BCUT2D eigenvalue weighted by atomic mass is 9.65. The van der Waals surface area contributed by atoms with Gasteiger partial charge in [0.15, 0.2) is 0 Å². The van der Waals surface area contributed by atoms with E-state index >= 15 is 0 Å². The van der Waals surface area contributed by atoms with Crippen LogP contribution in [0.4, 0.5) is 13.2 Å². The lowest BCUT2D eigenvalue weighted by molar-refractivity contribution is -0.136. The molecule has 2 saturated carbocycles. The van der Waals surface area contributed by atoms with E-state index in [2.05, 4.69) is 22.8 Å². The molecule has 0 aromatic carbocycles. The fourth-order valence-corrected chi connectivity index (χ4v) is 7.72. The van der Waals surface area contributed by atoms with E-state index in [0.717, 1.165) is 32.4 Å². The van der Waals surface area contributed by atoms with E-state index in [0.29, 0.717) is 56.0 Å². The number of halogens is 3. The van der Waals surface area contributed by atoms with Crippen molar-refractivity contribution in [3.8, 4) is 0 Å². The van der Waals surface area contributed by atoms with E-state index in [4.69, 9.17) is 0 Å². The SMILES string of the molecule is CC(=O)N1CCN(Cc2cc(C(F)(F)F)c3cn(C4CCCC([C@@H](C5CCC5)C5NNCN5C)C4)c(=O)n3c2)CC1. The first-order valence-electron chi connectivity index (χ1n) is 15.1. The quantitative estimate of drug-likeness (QED) is 0.549. The van der Waals surface area contributed by atoms with Crippen molar-refractivity contribution < 1.29 is 18.0 Å². The normalized spacial score (nSPS) is 27.8. The molecule has 0 radical (unpaired) electrons. The standard InChI is InChI=1S/C29H42F3N7O2/c1-19(40)37-11-9-36(10-12-37)15-20-13-24(29(30,31)32)25-17-38(28(41)39(25)16-20)23-8-4-7-22(14-23)26(21-5-3-6-21)27-34-33-18-35(27)2/h13,16-17,21-23,26-27,33-34H,3-12,14-15,18H2,1-2H3/t22?,23?,26-,27?/m1/s1. The summed E-state index contributed by atoms with van der Waals surface area (Å²) in [7, 11) is 2.12. The number of hydrogen-bond acceptors (Lipinski definition) is 6. The molecule has 1 amide bonds. The Bertz CT molecular complexity index is 1310. The van der Waals surface area contributed by atoms with Gasteiger partial charge in [-0.1, -0.05) is 25.7 Å². The topological polar surface area (TPSA) is 77.3 Å². The Kier molecular flexibility index (Phi) is 7.94. The van der Waals surface area contributed by atoms with Gasteiger partial charge in [-0.3, -0.25) is 23.6 Å². The number of aromatic nitrogens is 2. The highest BCUT2D eigenvalue weighted by Gasteiger charge is 2.44. The molecule has 4 aliphatic rings. The van der Waals surface area contributed by atoms with Gasteiger partial charge in [-0.2, -0.15) is 13.2 Å². The third-order valence-electron chi connectivity index (χ3n) is 10.1. The minimum Gasteiger partial charge on any atom is -0.340 e. The molecule has 12 heteroatoms. The molecule has 2 saturated heterocycles. The molecule has 3 unspecified atom stereocenters. The van der Waals surface area contributed by atoms with Crippen LogP contribution in [0.3, 0.4) is 0 Å². The molecule has 2 aromatic heterocycles. The summed E-state index contributed by atoms with van der Waals surface area (Å²) in [5, 5.41) is 0. The third kappa shape index (κ3) is 5.68. The first-order valence-corrected chi connectivity index (χ1v) is 15.1. The number of alkyl halides is 3. The van der Waals surface area contributed by atoms with Crippen molar-refractivity contribution >= 4 is 11.4 Å². The van der Waals surface area contributed by atoms with Crippen molar-refractivity contribution in [1.82, 2.24) is 34.5 Å². The Morgan fingerprint density at radius 3 is 2.37 bits per heavy atom. The summed E-state index contributed by atoms with van der Waals surface area (Å²) in [5.74, 6) is 1.49. The Labute approximate surface area is 238 Å². The maximum atomic E-state index is 14.3. The second kappa shape index (κ2) is 11.3. The molecular formula is C29H42F3N7O2. The molecule has 2 aliphatic carbocycles. The fourth-order valence-electron chi connectivity index (χ4n) is 7.72.